The van der Waals surface area contributed by atoms with Gasteiger partial charge in [-0.2, -0.15) is 0 Å². The van der Waals surface area contributed by atoms with Gasteiger partial charge in [0.05, 0.1) is 10.7 Å². The fourth-order valence-electron chi connectivity index (χ4n) is 1.84. The van der Waals surface area contributed by atoms with Crippen molar-refractivity contribution in [3.8, 4) is 0 Å². The Kier molecular flexibility index (Phi) is 2.61. The number of nitrogens with two attached hydrogens (primary N) is 1. The normalized spacial score (nSPS) is 21.4. The summed E-state index contributed by atoms with van der Waals surface area (Å²) in [6.45, 7) is 0.957. The van der Waals surface area contributed by atoms with Crippen LogP contribution in [0, 0.1) is 5.82 Å². The van der Waals surface area contributed by atoms with E-state index in [1.807, 2.05) is 0 Å². The summed E-state index contributed by atoms with van der Waals surface area (Å²) in [5, 5.41) is 3.56. The Bertz CT molecular complexity index is 348. The molecule has 1 saturated heterocycles. The maximum atomic E-state index is 13.1. The van der Waals surface area contributed by atoms with Gasteiger partial charge in [0.2, 0.25) is 0 Å². The molecule has 0 unspecified atom stereocenters. The number of benzene rings is 1. The minimum Gasteiger partial charge on any atom is -0.397 e. The Labute approximate surface area is 87.2 Å². The molecule has 1 aliphatic rings. The fourth-order valence-corrected chi connectivity index (χ4v) is 2.06. The lowest BCUT2D eigenvalue weighted by atomic mass is 10.0. The van der Waals surface area contributed by atoms with Crippen molar-refractivity contribution in [2.24, 2.45) is 0 Å². The molecule has 1 aromatic rings. The molecular formula is C10H12ClFN2. The number of halogens is 2. The van der Waals surface area contributed by atoms with Crippen molar-refractivity contribution in [2.75, 3.05) is 12.3 Å². The van der Waals surface area contributed by atoms with Gasteiger partial charge in [-0.1, -0.05) is 11.6 Å². The van der Waals surface area contributed by atoms with Crippen molar-refractivity contribution in [1.82, 2.24) is 5.32 Å². The number of nitrogens with one attached hydrogen (secondary N) is 1. The molecule has 2 nitrogen and oxygen atoms in total. The van der Waals surface area contributed by atoms with E-state index in [0.29, 0.717) is 10.7 Å². The van der Waals surface area contributed by atoms with Gasteiger partial charge in [-0.25, -0.2) is 4.39 Å². The molecule has 76 valence electrons. The minimum atomic E-state index is -0.326. The van der Waals surface area contributed by atoms with Crippen LogP contribution in [0.15, 0.2) is 12.1 Å². The van der Waals surface area contributed by atoms with Crippen molar-refractivity contribution >= 4 is 17.3 Å². The first-order valence-electron chi connectivity index (χ1n) is 4.66. The highest BCUT2D eigenvalue weighted by Crippen LogP contribution is 2.32. The number of hydrogen-bond acceptors (Lipinski definition) is 2. The molecular weight excluding hydrogens is 203 g/mol. The second-order valence-corrected chi connectivity index (χ2v) is 3.95. The molecule has 0 spiro atoms. The first-order chi connectivity index (χ1) is 6.68. The van der Waals surface area contributed by atoms with Gasteiger partial charge < -0.3 is 11.1 Å². The van der Waals surface area contributed by atoms with E-state index >= 15 is 0 Å². The third kappa shape index (κ3) is 1.70. The first kappa shape index (κ1) is 9.74. The number of nitrogen functional groups attached to an aromatic ring is 1. The maximum Gasteiger partial charge on any atom is 0.125 e. The molecule has 1 aromatic carbocycles. The summed E-state index contributed by atoms with van der Waals surface area (Å²) >= 11 is 5.80. The van der Waals surface area contributed by atoms with E-state index in [9.17, 15) is 4.39 Å². The molecule has 1 aliphatic heterocycles. The molecule has 3 N–H and O–H groups in total. The standard InChI is InChI=1S/C10H12ClFN2/c11-8-5-6(12)4-7(10(8)13)9-2-1-3-14-9/h4-5,9,14H,1-3,13H2/t9-/m0/s1. The van der Waals surface area contributed by atoms with Gasteiger partial charge in [0.1, 0.15) is 5.82 Å². The van der Waals surface area contributed by atoms with Gasteiger partial charge in [0.25, 0.3) is 0 Å². The summed E-state index contributed by atoms with van der Waals surface area (Å²) in [6, 6.07) is 2.86. The van der Waals surface area contributed by atoms with E-state index < -0.39 is 0 Å². The third-order valence-corrected chi connectivity index (χ3v) is 2.87. The van der Waals surface area contributed by atoms with Crippen LogP contribution in [0.3, 0.4) is 0 Å². The molecule has 1 fully saturated rings. The van der Waals surface area contributed by atoms with Crippen molar-refractivity contribution in [1.29, 1.82) is 0 Å². The quantitative estimate of drug-likeness (QED) is 0.705. The Morgan fingerprint density at radius 3 is 2.93 bits per heavy atom. The lowest BCUT2D eigenvalue weighted by Gasteiger charge is -2.14. The van der Waals surface area contributed by atoms with Gasteiger partial charge in [-0.15, -0.1) is 0 Å². The molecule has 0 amide bonds. The van der Waals surface area contributed by atoms with E-state index in [1.54, 1.807) is 0 Å². The SMILES string of the molecule is Nc1c(Cl)cc(F)cc1[C@@H]1CCCN1. The minimum absolute atomic E-state index is 0.156. The van der Waals surface area contributed by atoms with Crippen molar-refractivity contribution in [2.45, 2.75) is 18.9 Å². The molecule has 4 heteroatoms. The Morgan fingerprint density at radius 1 is 1.50 bits per heavy atom. The van der Waals surface area contributed by atoms with Crippen LogP contribution in [-0.4, -0.2) is 6.54 Å². The van der Waals surface area contributed by atoms with E-state index in [2.05, 4.69) is 5.32 Å². The zero-order valence-corrected chi connectivity index (χ0v) is 8.44. The molecule has 14 heavy (non-hydrogen) atoms. The molecule has 0 aromatic heterocycles. The second kappa shape index (κ2) is 3.75. The number of rotatable bonds is 1. The second-order valence-electron chi connectivity index (χ2n) is 3.54. The van der Waals surface area contributed by atoms with Crippen molar-refractivity contribution in [3.63, 3.8) is 0 Å². The zero-order valence-electron chi connectivity index (χ0n) is 7.69. The zero-order chi connectivity index (χ0) is 10.1. The van der Waals surface area contributed by atoms with E-state index in [4.69, 9.17) is 17.3 Å². The number of anilines is 1. The largest absolute Gasteiger partial charge is 0.397 e. The third-order valence-electron chi connectivity index (χ3n) is 2.56. The molecule has 1 heterocycles. The summed E-state index contributed by atoms with van der Waals surface area (Å²) in [6.07, 6.45) is 2.09. The van der Waals surface area contributed by atoms with Crippen LogP contribution in [0.2, 0.25) is 5.02 Å². The molecule has 0 aliphatic carbocycles. The van der Waals surface area contributed by atoms with Crippen LogP contribution < -0.4 is 11.1 Å². The Morgan fingerprint density at radius 2 is 2.29 bits per heavy atom. The smallest absolute Gasteiger partial charge is 0.125 e. The van der Waals surface area contributed by atoms with Gasteiger partial charge >= 0.3 is 0 Å². The molecule has 1 atom stereocenters. The molecule has 0 bridgehead atoms. The monoisotopic (exact) mass is 214 g/mol. The van der Waals surface area contributed by atoms with Crippen LogP contribution in [0.25, 0.3) is 0 Å². The van der Waals surface area contributed by atoms with Crippen molar-refractivity contribution < 1.29 is 4.39 Å². The summed E-state index contributed by atoms with van der Waals surface area (Å²) in [4.78, 5) is 0. The highest BCUT2D eigenvalue weighted by molar-refractivity contribution is 6.33. The van der Waals surface area contributed by atoms with Crippen molar-refractivity contribution in [3.05, 3.63) is 28.5 Å². The van der Waals surface area contributed by atoms with Gasteiger partial charge in [0.15, 0.2) is 0 Å². The lowest BCUT2D eigenvalue weighted by molar-refractivity contribution is 0.608. The van der Waals surface area contributed by atoms with Crippen LogP contribution in [-0.2, 0) is 0 Å². The van der Waals surface area contributed by atoms with E-state index in [0.717, 1.165) is 24.9 Å². The Hall–Kier alpha value is -0.800. The lowest BCUT2D eigenvalue weighted by Crippen LogP contribution is -2.15. The first-order valence-corrected chi connectivity index (χ1v) is 5.04. The highest BCUT2D eigenvalue weighted by atomic mass is 35.5. The van der Waals surface area contributed by atoms with Gasteiger partial charge in [-0.3, -0.25) is 0 Å². The van der Waals surface area contributed by atoms with Crippen LogP contribution in [0.4, 0.5) is 10.1 Å². The summed E-state index contributed by atoms with van der Waals surface area (Å²) < 4.78 is 13.1. The predicted octanol–water partition coefficient (Wildman–Crippen LogP) is 2.49. The van der Waals surface area contributed by atoms with E-state index in [1.165, 1.54) is 12.1 Å². The van der Waals surface area contributed by atoms with Gasteiger partial charge in [-0.05, 0) is 37.1 Å². The maximum absolute atomic E-state index is 13.1. The summed E-state index contributed by atoms with van der Waals surface area (Å²) in [7, 11) is 0. The highest BCUT2D eigenvalue weighted by Gasteiger charge is 2.20. The topological polar surface area (TPSA) is 38.0 Å². The molecule has 2 rings (SSSR count). The predicted molar refractivity (Wildman–Crippen MR) is 55.8 cm³/mol. The van der Waals surface area contributed by atoms with Crippen LogP contribution in [0.5, 0.6) is 0 Å². The Balaban J connectivity index is 2.40. The fraction of sp³-hybridized carbons (Fsp3) is 0.400. The van der Waals surface area contributed by atoms with Gasteiger partial charge in [0, 0.05) is 6.04 Å². The summed E-state index contributed by atoms with van der Waals surface area (Å²) in [5.41, 5.74) is 7.07. The average Bonchev–Trinajstić information content (AvgIpc) is 2.63. The molecule has 0 radical (unpaired) electrons. The number of hydrogen-bond donors (Lipinski definition) is 2. The molecule has 0 saturated carbocycles. The van der Waals surface area contributed by atoms with Crippen LogP contribution >= 0.6 is 11.6 Å². The average molecular weight is 215 g/mol. The van der Waals surface area contributed by atoms with E-state index in [-0.39, 0.29) is 11.9 Å². The summed E-state index contributed by atoms with van der Waals surface area (Å²) in [5.74, 6) is -0.326. The van der Waals surface area contributed by atoms with Crippen LogP contribution in [0.1, 0.15) is 24.4 Å².